The molecule has 0 spiro atoms. The SMILES string of the molecule is COc1c(I)cc(Cl)c2cccnc12. The van der Waals surface area contributed by atoms with Gasteiger partial charge in [0.15, 0.2) is 5.75 Å². The molecule has 4 heteroatoms. The topological polar surface area (TPSA) is 22.1 Å². The third-order valence-electron chi connectivity index (χ3n) is 1.95. The van der Waals surface area contributed by atoms with Crippen LogP contribution in [-0.4, -0.2) is 12.1 Å². The minimum atomic E-state index is 0.707. The van der Waals surface area contributed by atoms with E-state index in [0.717, 1.165) is 20.2 Å². The molecule has 0 aliphatic heterocycles. The van der Waals surface area contributed by atoms with E-state index >= 15 is 0 Å². The highest BCUT2D eigenvalue weighted by Crippen LogP contribution is 2.34. The van der Waals surface area contributed by atoms with Crippen LogP contribution < -0.4 is 4.74 Å². The van der Waals surface area contributed by atoms with E-state index in [9.17, 15) is 0 Å². The number of hydrogen-bond acceptors (Lipinski definition) is 2. The molecule has 1 heterocycles. The summed E-state index contributed by atoms with van der Waals surface area (Å²) >= 11 is 8.28. The second kappa shape index (κ2) is 3.90. The summed E-state index contributed by atoms with van der Waals surface area (Å²) in [6.45, 7) is 0. The minimum absolute atomic E-state index is 0.707. The standard InChI is InChI=1S/C10H7ClINO/c1-14-10-8(12)5-7(11)6-3-2-4-13-9(6)10/h2-5H,1H3. The van der Waals surface area contributed by atoms with Crippen LogP contribution in [-0.2, 0) is 0 Å². The van der Waals surface area contributed by atoms with Crippen molar-refractivity contribution in [3.8, 4) is 5.75 Å². The van der Waals surface area contributed by atoms with E-state index in [1.165, 1.54) is 0 Å². The number of rotatable bonds is 1. The number of aromatic nitrogens is 1. The minimum Gasteiger partial charge on any atom is -0.493 e. The zero-order valence-corrected chi connectivity index (χ0v) is 10.3. The summed E-state index contributed by atoms with van der Waals surface area (Å²) in [5.41, 5.74) is 0.812. The molecule has 0 atom stereocenters. The van der Waals surface area contributed by atoms with E-state index in [2.05, 4.69) is 27.6 Å². The first kappa shape index (κ1) is 9.98. The van der Waals surface area contributed by atoms with Gasteiger partial charge >= 0.3 is 0 Å². The molecule has 0 saturated carbocycles. The molecule has 0 saturated heterocycles. The summed E-state index contributed by atoms with van der Waals surface area (Å²) in [4.78, 5) is 4.26. The van der Waals surface area contributed by atoms with Crippen molar-refractivity contribution in [2.24, 2.45) is 0 Å². The van der Waals surface area contributed by atoms with Gasteiger partial charge in [-0.25, -0.2) is 0 Å². The summed E-state index contributed by atoms with van der Waals surface area (Å²) in [6.07, 6.45) is 1.73. The first-order valence-electron chi connectivity index (χ1n) is 4.00. The molecule has 1 aromatic heterocycles. The number of pyridine rings is 1. The van der Waals surface area contributed by atoms with Crippen molar-refractivity contribution in [3.05, 3.63) is 33.0 Å². The maximum Gasteiger partial charge on any atom is 0.158 e. The second-order valence-electron chi connectivity index (χ2n) is 2.77. The van der Waals surface area contributed by atoms with E-state index in [0.29, 0.717) is 5.02 Å². The second-order valence-corrected chi connectivity index (χ2v) is 4.34. The number of benzene rings is 1. The zero-order valence-electron chi connectivity index (χ0n) is 7.42. The molecular formula is C10H7ClINO. The van der Waals surface area contributed by atoms with Gasteiger partial charge in [0.2, 0.25) is 0 Å². The molecule has 0 aliphatic rings. The van der Waals surface area contributed by atoms with Crippen molar-refractivity contribution in [1.82, 2.24) is 4.98 Å². The molecule has 0 amide bonds. The maximum atomic E-state index is 6.09. The van der Waals surface area contributed by atoms with Crippen molar-refractivity contribution >= 4 is 45.1 Å². The van der Waals surface area contributed by atoms with Gasteiger partial charge in [0.1, 0.15) is 5.52 Å². The van der Waals surface area contributed by atoms with Crippen LogP contribution in [0.15, 0.2) is 24.4 Å². The average molecular weight is 320 g/mol. The lowest BCUT2D eigenvalue weighted by Gasteiger charge is -2.07. The van der Waals surface area contributed by atoms with Crippen LogP contribution in [0.4, 0.5) is 0 Å². The zero-order chi connectivity index (χ0) is 10.1. The number of ether oxygens (including phenoxy) is 1. The molecule has 2 nitrogen and oxygen atoms in total. The monoisotopic (exact) mass is 319 g/mol. The predicted molar refractivity (Wildman–Crippen MR) is 66.0 cm³/mol. The van der Waals surface area contributed by atoms with Gasteiger partial charge in [0.05, 0.1) is 15.7 Å². The van der Waals surface area contributed by atoms with Crippen molar-refractivity contribution in [2.45, 2.75) is 0 Å². The summed E-state index contributed by atoms with van der Waals surface area (Å²) in [5.74, 6) is 0.783. The van der Waals surface area contributed by atoms with E-state index in [-0.39, 0.29) is 0 Å². The van der Waals surface area contributed by atoms with Gasteiger partial charge < -0.3 is 4.74 Å². The molecule has 1 aromatic carbocycles. The molecule has 0 bridgehead atoms. The first-order chi connectivity index (χ1) is 6.74. The van der Waals surface area contributed by atoms with Crippen molar-refractivity contribution in [1.29, 1.82) is 0 Å². The summed E-state index contributed by atoms with van der Waals surface area (Å²) in [6, 6.07) is 5.68. The van der Waals surface area contributed by atoms with Crippen LogP contribution in [0, 0.1) is 3.57 Å². The number of halogens is 2. The van der Waals surface area contributed by atoms with E-state index in [1.54, 1.807) is 13.3 Å². The molecule has 0 radical (unpaired) electrons. The fourth-order valence-corrected chi connectivity index (χ4v) is 2.57. The third-order valence-corrected chi connectivity index (χ3v) is 3.07. The number of hydrogen-bond donors (Lipinski definition) is 0. The third kappa shape index (κ3) is 1.54. The Bertz CT molecular complexity index is 487. The van der Waals surface area contributed by atoms with Gasteiger partial charge in [-0.15, -0.1) is 0 Å². The number of nitrogens with zero attached hydrogens (tertiary/aromatic N) is 1. The summed E-state index contributed by atoms with van der Waals surface area (Å²) in [7, 11) is 1.64. The van der Waals surface area contributed by atoms with Gasteiger partial charge in [-0.2, -0.15) is 0 Å². The Hall–Kier alpha value is -0.550. The highest BCUT2D eigenvalue weighted by molar-refractivity contribution is 14.1. The first-order valence-corrected chi connectivity index (χ1v) is 5.46. The van der Waals surface area contributed by atoms with Crippen LogP contribution in [0.3, 0.4) is 0 Å². The van der Waals surface area contributed by atoms with Crippen LogP contribution in [0.1, 0.15) is 0 Å². The van der Waals surface area contributed by atoms with Crippen LogP contribution >= 0.6 is 34.2 Å². The molecule has 2 rings (SSSR count). The van der Waals surface area contributed by atoms with Gasteiger partial charge in [-0.05, 0) is 40.8 Å². The van der Waals surface area contributed by atoms with E-state index < -0.39 is 0 Å². The lowest BCUT2D eigenvalue weighted by molar-refractivity contribution is 0.416. The number of fused-ring (bicyclic) bond motifs is 1. The Balaban J connectivity index is 2.90. The molecular weight excluding hydrogens is 312 g/mol. The smallest absolute Gasteiger partial charge is 0.158 e. The van der Waals surface area contributed by atoms with Crippen molar-refractivity contribution in [3.63, 3.8) is 0 Å². The van der Waals surface area contributed by atoms with Crippen LogP contribution in [0.5, 0.6) is 5.75 Å². The summed E-state index contributed by atoms with van der Waals surface area (Å²) < 4.78 is 6.26. The molecule has 2 aromatic rings. The normalized spacial score (nSPS) is 10.5. The average Bonchev–Trinajstić information content (AvgIpc) is 2.18. The lowest BCUT2D eigenvalue weighted by atomic mass is 10.2. The molecule has 72 valence electrons. The molecule has 14 heavy (non-hydrogen) atoms. The Morgan fingerprint density at radius 2 is 2.29 bits per heavy atom. The molecule has 0 fully saturated rings. The molecule has 0 unspecified atom stereocenters. The quantitative estimate of drug-likeness (QED) is 0.751. The maximum absolute atomic E-state index is 6.09. The summed E-state index contributed by atoms with van der Waals surface area (Å²) in [5, 5.41) is 1.63. The van der Waals surface area contributed by atoms with Gasteiger partial charge in [-0.3, -0.25) is 4.98 Å². The Labute approximate surface area is 100 Å². The Morgan fingerprint density at radius 1 is 1.50 bits per heavy atom. The largest absolute Gasteiger partial charge is 0.493 e. The highest BCUT2D eigenvalue weighted by Gasteiger charge is 2.10. The van der Waals surface area contributed by atoms with Crippen molar-refractivity contribution in [2.75, 3.05) is 7.11 Å². The van der Waals surface area contributed by atoms with E-state index in [4.69, 9.17) is 16.3 Å². The van der Waals surface area contributed by atoms with Crippen molar-refractivity contribution < 1.29 is 4.74 Å². The van der Waals surface area contributed by atoms with Crippen LogP contribution in [0.25, 0.3) is 10.9 Å². The van der Waals surface area contributed by atoms with Gasteiger partial charge in [0.25, 0.3) is 0 Å². The Morgan fingerprint density at radius 3 is 3.00 bits per heavy atom. The molecule has 0 N–H and O–H groups in total. The fraction of sp³-hybridized carbons (Fsp3) is 0.100. The molecule has 0 aliphatic carbocycles. The van der Waals surface area contributed by atoms with Gasteiger partial charge in [-0.1, -0.05) is 11.6 Å². The van der Waals surface area contributed by atoms with E-state index in [1.807, 2.05) is 18.2 Å². The Kier molecular flexibility index (Phi) is 2.78. The van der Waals surface area contributed by atoms with Gasteiger partial charge in [0, 0.05) is 11.6 Å². The number of methoxy groups -OCH3 is 1. The predicted octanol–water partition coefficient (Wildman–Crippen LogP) is 3.50. The highest BCUT2D eigenvalue weighted by atomic mass is 127. The van der Waals surface area contributed by atoms with Crippen LogP contribution in [0.2, 0.25) is 5.02 Å². The fourth-order valence-electron chi connectivity index (χ4n) is 1.34. The lowest BCUT2D eigenvalue weighted by Crippen LogP contribution is -1.91.